The van der Waals surface area contributed by atoms with Gasteiger partial charge in [0.15, 0.2) is 0 Å². The fourth-order valence-corrected chi connectivity index (χ4v) is 3.38. The molecule has 1 aliphatic carbocycles. The van der Waals surface area contributed by atoms with E-state index < -0.39 is 0 Å². The molecule has 2 heterocycles. The largest absolute Gasteiger partial charge is 0.271 e. The molecule has 0 saturated heterocycles. The number of hydrogen-bond acceptors (Lipinski definition) is 6. The standard InChI is InChI=1S/C13H20N6S/c14-16-12(13-9-15-18-20-13)8-10-6-7-19(17-10)11-4-2-1-3-5-11/h6-7,9,11-12,16H,1-5,8,14H2. The van der Waals surface area contributed by atoms with Crippen LogP contribution in [0.4, 0.5) is 0 Å². The number of hydrogen-bond donors (Lipinski definition) is 2. The van der Waals surface area contributed by atoms with Crippen LogP contribution < -0.4 is 11.3 Å². The number of nitrogens with two attached hydrogens (primary N) is 1. The fraction of sp³-hybridized carbons (Fsp3) is 0.615. The highest BCUT2D eigenvalue weighted by Crippen LogP contribution is 2.28. The van der Waals surface area contributed by atoms with Crippen molar-refractivity contribution in [1.29, 1.82) is 0 Å². The van der Waals surface area contributed by atoms with Gasteiger partial charge in [-0.15, -0.1) is 5.10 Å². The minimum absolute atomic E-state index is 0.0321. The van der Waals surface area contributed by atoms with Crippen LogP contribution in [-0.4, -0.2) is 19.4 Å². The Kier molecular flexibility index (Phi) is 4.39. The second-order valence-corrected chi connectivity index (χ2v) is 6.14. The summed E-state index contributed by atoms with van der Waals surface area (Å²) in [4.78, 5) is 1.04. The Morgan fingerprint density at radius 3 is 2.95 bits per heavy atom. The quantitative estimate of drug-likeness (QED) is 0.650. The van der Waals surface area contributed by atoms with Gasteiger partial charge < -0.3 is 0 Å². The third-order valence-corrected chi connectivity index (χ3v) is 4.73. The maximum atomic E-state index is 5.63. The molecule has 2 aromatic rings. The lowest BCUT2D eigenvalue weighted by Crippen LogP contribution is -2.29. The zero-order valence-electron chi connectivity index (χ0n) is 11.4. The summed E-state index contributed by atoms with van der Waals surface area (Å²) in [5, 5.41) is 8.58. The highest BCUT2D eigenvalue weighted by atomic mass is 32.1. The summed E-state index contributed by atoms with van der Waals surface area (Å²) in [7, 11) is 0. The van der Waals surface area contributed by atoms with Crippen LogP contribution in [0.1, 0.15) is 54.8 Å². The van der Waals surface area contributed by atoms with Crippen LogP contribution in [-0.2, 0) is 6.42 Å². The zero-order chi connectivity index (χ0) is 13.8. The van der Waals surface area contributed by atoms with Crippen LogP contribution in [0.2, 0.25) is 0 Å². The first-order chi connectivity index (χ1) is 9.86. The van der Waals surface area contributed by atoms with Crippen LogP contribution in [0, 0.1) is 0 Å². The molecule has 1 fully saturated rings. The lowest BCUT2D eigenvalue weighted by molar-refractivity contribution is 0.327. The second kappa shape index (κ2) is 6.43. The van der Waals surface area contributed by atoms with Crippen molar-refractivity contribution < 1.29 is 0 Å². The summed E-state index contributed by atoms with van der Waals surface area (Å²) >= 11 is 1.37. The molecule has 108 valence electrons. The Labute approximate surface area is 122 Å². The Morgan fingerprint density at radius 1 is 1.40 bits per heavy atom. The first kappa shape index (κ1) is 13.7. The highest BCUT2D eigenvalue weighted by molar-refractivity contribution is 7.05. The maximum Gasteiger partial charge on any atom is 0.0670 e. The Hall–Kier alpha value is -1.31. The molecule has 1 aliphatic rings. The molecule has 0 aromatic carbocycles. The molecule has 1 atom stereocenters. The van der Waals surface area contributed by atoms with E-state index in [9.17, 15) is 0 Å². The molecule has 1 saturated carbocycles. The van der Waals surface area contributed by atoms with Crippen molar-refractivity contribution in [3.05, 3.63) is 29.0 Å². The first-order valence-corrected chi connectivity index (χ1v) is 7.91. The van der Waals surface area contributed by atoms with Gasteiger partial charge in [-0.05, 0) is 30.4 Å². The molecule has 6 nitrogen and oxygen atoms in total. The van der Waals surface area contributed by atoms with Gasteiger partial charge in [-0.3, -0.25) is 16.0 Å². The van der Waals surface area contributed by atoms with Crippen molar-refractivity contribution in [2.75, 3.05) is 0 Å². The molecule has 0 aliphatic heterocycles. The molecule has 1 unspecified atom stereocenters. The molecular weight excluding hydrogens is 272 g/mol. The van der Waals surface area contributed by atoms with Crippen molar-refractivity contribution >= 4 is 11.5 Å². The van der Waals surface area contributed by atoms with Crippen LogP contribution in [0.25, 0.3) is 0 Å². The number of rotatable bonds is 5. The molecule has 3 rings (SSSR count). The average molecular weight is 292 g/mol. The number of nitrogens with one attached hydrogen (secondary N) is 1. The highest BCUT2D eigenvalue weighted by Gasteiger charge is 2.18. The van der Waals surface area contributed by atoms with E-state index in [1.807, 2.05) is 0 Å². The molecule has 7 heteroatoms. The molecule has 3 N–H and O–H groups in total. The fourth-order valence-electron chi connectivity index (χ4n) is 2.81. The van der Waals surface area contributed by atoms with Gasteiger partial charge in [0.2, 0.25) is 0 Å². The van der Waals surface area contributed by atoms with Gasteiger partial charge in [-0.2, -0.15) is 5.10 Å². The van der Waals surface area contributed by atoms with Gasteiger partial charge in [0.05, 0.1) is 28.9 Å². The smallest absolute Gasteiger partial charge is 0.0670 e. The zero-order valence-corrected chi connectivity index (χ0v) is 12.2. The molecule has 0 bridgehead atoms. The van der Waals surface area contributed by atoms with Gasteiger partial charge in [-0.1, -0.05) is 23.8 Å². The van der Waals surface area contributed by atoms with Gasteiger partial charge in [0.1, 0.15) is 0 Å². The molecule has 0 amide bonds. The summed E-state index contributed by atoms with van der Waals surface area (Å²) in [5.41, 5.74) is 3.88. The maximum absolute atomic E-state index is 5.63. The van der Waals surface area contributed by atoms with Crippen molar-refractivity contribution in [2.24, 2.45) is 5.84 Å². The van der Waals surface area contributed by atoms with Crippen molar-refractivity contribution in [2.45, 2.75) is 50.6 Å². The molecule has 0 spiro atoms. The van der Waals surface area contributed by atoms with E-state index >= 15 is 0 Å². The van der Waals surface area contributed by atoms with E-state index in [1.54, 1.807) is 6.20 Å². The average Bonchev–Trinajstić information content (AvgIpc) is 3.17. The van der Waals surface area contributed by atoms with E-state index in [2.05, 4.69) is 32.0 Å². The predicted octanol–water partition coefficient (Wildman–Crippen LogP) is 1.99. The third-order valence-electron chi connectivity index (χ3n) is 3.95. The summed E-state index contributed by atoms with van der Waals surface area (Å²) in [5.74, 6) is 5.63. The van der Waals surface area contributed by atoms with Crippen molar-refractivity contribution in [3.8, 4) is 0 Å². The Bertz CT molecular complexity index is 517. The molecule has 20 heavy (non-hydrogen) atoms. The van der Waals surface area contributed by atoms with Gasteiger partial charge in [0, 0.05) is 12.6 Å². The van der Waals surface area contributed by atoms with E-state index in [4.69, 9.17) is 10.9 Å². The Balaban J connectivity index is 1.67. The molecule has 2 aromatic heterocycles. The second-order valence-electron chi connectivity index (χ2n) is 5.32. The van der Waals surface area contributed by atoms with Gasteiger partial charge in [-0.25, -0.2) is 0 Å². The topological polar surface area (TPSA) is 81.6 Å². The summed E-state index contributed by atoms with van der Waals surface area (Å²) in [6.07, 6.45) is 11.1. The lowest BCUT2D eigenvalue weighted by atomic mass is 9.96. The molecular formula is C13H20N6S. The van der Waals surface area contributed by atoms with Crippen molar-refractivity contribution in [1.82, 2.24) is 24.8 Å². The number of hydrazine groups is 1. The Morgan fingerprint density at radius 2 is 2.25 bits per heavy atom. The predicted molar refractivity (Wildman–Crippen MR) is 78.0 cm³/mol. The summed E-state index contributed by atoms with van der Waals surface area (Å²) in [6.45, 7) is 0. The third kappa shape index (κ3) is 3.05. The van der Waals surface area contributed by atoms with Crippen LogP contribution >= 0.6 is 11.5 Å². The van der Waals surface area contributed by atoms with Crippen LogP contribution in [0.15, 0.2) is 18.5 Å². The summed E-state index contributed by atoms with van der Waals surface area (Å²) in [6, 6.07) is 2.70. The minimum Gasteiger partial charge on any atom is -0.271 e. The monoisotopic (exact) mass is 292 g/mol. The van der Waals surface area contributed by atoms with Gasteiger partial charge in [0.25, 0.3) is 0 Å². The van der Waals surface area contributed by atoms with E-state index in [0.29, 0.717) is 6.04 Å². The van der Waals surface area contributed by atoms with Crippen LogP contribution in [0.3, 0.4) is 0 Å². The van der Waals surface area contributed by atoms with E-state index in [-0.39, 0.29) is 6.04 Å². The normalized spacial score (nSPS) is 18.2. The van der Waals surface area contributed by atoms with Crippen molar-refractivity contribution in [3.63, 3.8) is 0 Å². The van der Waals surface area contributed by atoms with Crippen LogP contribution in [0.5, 0.6) is 0 Å². The van der Waals surface area contributed by atoms with Gasteiger partial charge >= 0.3 is 0 Å². The minimum atomic E-state index is 0.0321. The SMILES string of the molecule is NNC(Cc1ccn(C2CCCCC2)n1)c1cnns1. The number of aromatic nitrogens is 4. The molecule has 0 radical (unpaired) electrons. The summed E-state index contributed by atoms with van der Waals surface area (Å²) < 4.78 is 6.01. The first-order valence-electron chi connectivity index (χ1n) is 7.14. The van der Waals surface area contributed by atoms with E-state index in [1.165, 1.54) is 43.6 Å². The van der Waals surface area contributed by atoms with E-state index in [0.717, 1.165) is 17.0 Å². The lowest BCUT2D eigenvalue weighted by Gasteiger charge is -2.21. The number of nitrogens with zero attached hydrogens (tertiary/aromatic N) is 4.